The summed E-state index contributed by atoms with van der Waals surface area (Å²) in [5.74, 6) is -0.593. The molecule has 0 radical (unpaired) electrons. The molecule has 1 aliphatic rings. The molecule has 0 saturated heterocycles. The minimum absolute atomic E-state index is 0.197. The van der Waals surface area contributed by atoms with Gasteiger partial charge in [0, 0.05) is 22.6 Å². The van der Waals surface area contributed by atoms with Crippen LogP contribution in [0.4, 0.5) is 0 Å². The molecule has 0 bridgehead atoms. The van der Waals surface area contributed by atoms with Crippen molar-refractivity contribution in [1.82, 2.24) is 5.32 Å². The van der Waals surface area contributed by atoms with Crippen molar-refractivity contribution < 1.29 is 9.67 Å². The largest absolute Gasteiger partial charge is 0.762 e. The number of aromatic nitrogens is 1. The Morgan fingerprint density at radius 3 is 2.35 bits per heavy atom. The molecule has 4 aromatic rings. The molecular formula is C27H19Cl2N3OS. The second kappa shape index (κ2) is 8.90. The van der Waals surface area contributed by atoms with E-state index in [0.717, 1.165) is 16.3 Å². The number of fused-ring (bicyclic) bond motifs is 1. The van der Waals surface area contributed by atoms with Crippen LogP contribution in [0, 0.1) is 11.3 Å². The molecule has 3 atom stereocenters. The summed E-state index contributed by atoms with van der Waals surface area (Å²) in [6, 6.07) is 26.1. The van der Waals surface area contributed by atoms with E-state index in [1.807, 2.05) is 83.7 Å². The number of nitrogens with one attached hydrogen (secondary N) is 1. The van der Waals surface area contributed by atoms with Crippen LogP contribution in [-0.4, -0.2) is 5.11 Å². The molecule has 3 aromatic carbocycles. The zero-order valence-corrected chi connectivity index (χ0v) is 20.1. The molecule has 168 valence electrons. The summed E-state index contributed by atoms with van der Waals surface area (Å²) in [6.07, 6.45) is 3.89. The third-order valence-electron chi connectivity index (χ3n) is 6.27. The van der Waals surface area contributed by atoms with Crippen molar-refractivity contribution in [1.29, 1.82) is 5.26 Å². The Morgan fingerprint density at radius 1 is 0.941 bits per heavy atom. The predicted molar refractivity (Wildman–Crippen MR) is 136 cm³/mol. The van der Waals surface area contributed by atoms with Crippen LogP contribution in [0.2, 0.25) is 10.0 Å². The van der Waals surface area contributed by atoms with Gasteiger partial charge in [0.1, 0.15) is 0 Å². The second-order valence-electron chi connectivity index (χ2n) is 8.23. The summed E-state index contributed by atoms with van der Waals surface area (Å²) in [6.45, 7) is 0. The first kappa shape index (κ1) is 22.6. The summed E-state index contributed by atoms with van der Waals surface area (Å²) in [4.78, 5) is 0. The van der Waals surface area contributed by atoms with Crippen LogP contribution in [0.5, 0.6) is 0 Å². The van der Waals surface area contributed by atoms with Crippen molar-refractivity contribution in [3.05, 3.63) is 123 Å². The Morgan fingerprint density at radius 2 is 1.65 bits per heavy atom. The molecule has 1 aliphatic heterocycles. The molecule has 0 saturated carbocycles. The van der Waals surface area contributed by atoms with Gasteiger partial charge in [-0.3, -0.25) is 0 Å². The normalized spacial score (nSPS) is 22.3. The van der Waals surface area contributed by atoms with Crippen LogP contribution in [0.3, 0.4) is 0 Å². The van der Waals surface area contributed by atoms with Crippen LogP contribution < -0.4 is 9.88 Å². The summed E-state index contributed by atoms with van der Waals surface area (Å²) < 4.78 is 1.94. The molecule has 1 aromatic heterocycles. The quantitative estimate of drug-likeness (QED) is 0.286. The monoisotopic (exact) mass is 503 g/mol. The van der Waals surface area contributed by atoms with Crippen molar-refractivity contribution in [3.8, 4) is 6.07 Å². The number of hydrogen-bond acceptors (Lipinski definition) is 4. The van der Waals surface area contributed by atoms with Gasteiger partial charge < -0.3 is 23.1 Å². The number of hydrogen-bond donors (Lipinski definition) is 2. The van der Waals surface area contributed by atoms with Crippen molar-refractivity contribution >= 4 is 46.6 Å². The maximum Gasteiger partial charge on any atom is 0.225 e. The Labute approximate surface area is 213 Å². The van der Waals surface area contributed by atoms with Gasteiger partial charge in [0.05, 0.1) is 22.0 Å². The predicted octanol–water partition coefficient (Wildman–Crippen LogP) is 5.49. The average molecular weight is 504 g/mol. The molecule has 4 nitrogen and oxygen atoms in total. The van der Waals surface area contributed by atoms with E-state index in [1.165, 1.54) is 0 Å². The minimum Gasteiger partial charge on any atom is -0.762 e. The first-order valence-corrected chi connectivity index (χ1v) is 11.8. The number of aliphatic hydroxyl groups is 1. The van der Waals surface area contributed by atoms with Crippen molar-refractivity contribution in [2.45, 2.75) is 17.7 Å². The Balaban J connectivity index is 1.82. The lowest BCUT2D eigenvalue weighted by Gasteiger charge is -2.45. The van der Waals surface area contributed by atoms with E-state index in [9.17, 15) is 10.4 Å². The SMILES string of the molecule is N#CC1=C([S-])N[C@@](O)(c2ccccc2)[C@H]([n+]2ccc3ccccc3c2)[C@H]1c1ccc(Cl)c(Cl)c1. The van der Waals surface area contributed by atoms with E-state index in [4.69, 9.17) is 35.8 Å². The summed E-state index contributed by atoms with van der Waals surface area (Å²) >= 11 is 18.2. The summed E-state index contributed by atoms with van der Waals surface area (Å²) in [5, 5.41) is 28.5. The second-order valence-corrected chi connectivity index (χ2v) is 9.45. The van der Waals surface area contributed by atoms with Gasteiger partial charge in [-0.25, -0.2) is 0 Å². The van der Waals surface area contributed by atoms with Gasteiger partial charge in [0.2, 0.25) is 11.8 Å². The van der Waals surface area contributed by atoms with Crippen molar-refractivity contribution in [3.63, 3.8) is 0 Å². The molecule has 0 amide bonds. The zero-order chi connectivity index (χ0) is 23.9. The van der Waals surface area contributed by atoms with Crippen LogP contribution in [0.15, 0.2) is 102 Å². The maximum atomic E-state index is 12.3. The number of benzene rings is 3. The molecule has 5 rings (SSSR count). The van der Waals surface area contributed by atoms with E-state index in [-0.39, 0.29) is 5.03 Å². The van der Waals surface area contributed by atoms with Crippen LogP contribution in [0.1, 0.15) is 23.1 Å². The number of halogens is 2. The molecule has 2 N–H and O–H groups in total. The average Bonchev–Trinajstić information content (AvgIpc) is 2.85. The van der Waals surface area contributed by atoms with E-state index < -0.39 is 17.7 Å². The van der Waals surface area contributed by atoms with E-state index in [0.29, 0.717) is 21.2 Å². The first-order valence-electron chi connectivity index (χ1n) is 10.6. The van der Waals surface area contributed by atoms with E-state index in [1.54, 1.807) is 12.1 Å². The topological polar surface area (TPSA) is 59.9 Å². The smallest absolute Gasteiger partial charge is 0.225 e. The fourth-order valence-corrected chi connectivity index (χ4v) is 5.31. The van der Waals surface area contributed by atoms with E-state index >= 15 is 0 Å². The van der Waals surface area contributed by atoms with Crippen molar-refractivity contribution in [2.24, 2.45) is 0 Å². The molecule has 0 unspecified atom stereocenters. The highest BCUT2D eigenvalue weighted by atomic mass is 35.5. The number of pyridine rings is 1. The van der Waals surface area contributed by atoms with Crippen LogP contribution in [-0.2, 0) is 18.4 Å². The Bertz CT molecular complexity index is 1470. The summed E-state index contributed by atoms with van der Waals surface area (Å²) in [5.41, 5.74) is 0.0994. The highest BCUT2D eigenvalue weighted by molar-refractivity contribution is 7.63. The van der Waals surface area contributed by atoms with Gasteiger partial charge in [0.15, 0.2) is 12.4 Å². The first-order chi connectivity index (χ1) is 16.4. The van der Waals surface area contributed by atoms with Crippen LogP contribution in [0.25, 0.3) is 10.8 Å². The third-order valence-corrected chi connectivity index (χ3v) is 7.33. The van der Waals surface area contributed by atoms with Gasteiger partial charge in [-0.05, 0) is 29.1 Å². The molecule has 0 spiro atoms. The van der Waals surface area contributed by atoms with Gasteiger partial charge in [-0.1, -0.05) is 82.8 Å². The lowest BCUT2D eigenvalue weighted by Crippen LogP contribution is -2.62. The standard InChI is InChI=1S/C27H19Cl2N3OS/c28-22-11-10-18(14-23(22)29)24-21(15-30)26(34)31-27(33,20-8-2-1-3-9-20)25(24)32-13-12-17-6-4-5-7-19(17)16-32/h1-14,16,24-25,31,33H/t24-,25+,27+/m0/s1. The lowest BCUT2D eigenvalue weighted by atomic mass is 9.75. The van der Waals surface area contributed by atoms with Crippen molar-refractivity contribution in [2.75, 3.05) is 0 Å². The molecular weight excluding hydrogens is 485 g/mol. The lowest BCUT2D eigenvalue weighted by molar-refractivity contribution is -0.742. The van der Waals surface area contributed by atoms with Gasteiger partial charge in [-0.2, -0.15) is 9.83 Å². The number of allylic oxidation sites excluding steroid dienone is 1. The maximum absolute atomic E-state index is 12.3. The fourth-order valence-electron chi connectivity index (χ4n) is 4.68. The Hall–Kier alpha value is -3.14. The zero-order valence-electron chi connectivity index (χ0n) is 17.8. The minimum atomic E-state index is -1.61. The molecule has 0 fully saturated rings. The van der Waals surface area contributed by atoms with Gasteiger partial charge in [0.25, 0.3) is 0 Å². The van der Waals surface area contributed by atoms with Gasteiger partial charge in [-0.15, -0.1) is 0 Å². The number of nitrogens with zero attached hydrogens (tertiary/aromatic N) is 2. The fraction of sp³-hybridized carbons (Fsp3) is 0.111. The number of rotatable bonds is 3. The number of nitriles is 1. The third kappa shape index (κ3) is 3.79. The highest BCUT2D eigenvalue weighted by Crippen LogP contribution is 2.47. The molecule has 7 heteroatoms. The summed E-state index contributed by atoms with van der Waals surface area (Å²) in [7, 11) is 0. The van der Waals surface area contributed by atoms with E-state index in [2.05, 4.69) is 11.4 Å². The Kier molecular flexibility index (Phi) is 5.93. The highest BCUT2D eigenvalue weighted by Gasteiger charge is 2.54. The van der Waals surface area contributed by atoms with Crippen LogP contribution >= 0.6 is 23.2 Å². The molecule has 0 aliphatic carbocycles. The van der Waals surface area contributed by atoms with Gasteiger partial charge >= 0.3 is 0 Å². The molecule has 34 heavy (non-hydrogen) atoms. The molecule has 2 heterocycles.